The first kappa shape index (κ1) is 15.1. The van der Waals surface area contributed by atoms with E-state index in [1.165, 1.54) is 19.8 Å². The molecule has 0 spiro atoms. The van der Waals surface area contributed by atoms with Crippen molar-refractivity contribution < 1.29 is 9.59 Å². The van der Waals surface area contributed by atoms with Gasteiger partial charge in [-0.3, -0.25) is 9.59 Å². The van der Waals surface area contributed by atoms with Crippen molar-refractivity contribution >= 4 is 17.5 Å². The van der Waals surface area contributed by atoms with E-state index in [-0.39, 0.29) is 11.8 Å². The minimum absolute atomic E-state index is 0.109. The van der Waals surface area contributed by atoms with Gasteiger partial charge in [-0.05, 0) is 50.3 Å². The highest BCUT2D eigenvalue weighted by Crippen LogP contribution is 2.35. The Morgan fingerprint density at radius 3 is 2.32 bits per heavy atom. The molecule has 0 aliphatic heterocycles. The van der Waals surface area contributed by atoms with Gasteiger partial charge >= 0.3 is 0 Å². The molecular formula is C18H24N2O2. The quantitative estimate of drug-likeness (QED) is 0.925. The Kier molecular flexibility index (Phi) is 4.19. The van der Waals surface area contributed by atoms with Crippen LogP contribution in [-0.2, 0) is 4.79 Å². The molecule has 4 nitrogen and oxygen atoms in total. The first-order valence-corrected chi connectivity index (χ1v) is 8.27. The van der Waals surface area contributed by atoms with Crippen molar-refractivity contribution in [2.75, 3.05) is 5.32 Å². The molecule has 2 amide bonds. The molecule has 0 radical (unpaired) electrons. The number of nitrogens with one attached hydrogen (secondary N) is 1. The zero-order chi connectivity index (χ0) is 15.7. The molecule has 0 bridgehead atoms. The van der Waals surface area contributed by atoms with Crippen LogP contribution in [0.5, 0.6) is 0 Å². The zero-order valence-corrected chi connectivity index (χ0v) is 13.4. The number of hydrogen-bond acceptors (Lipinski definition) is 2. The number of anilines is 1. The van der Waals surface area contributed by atoms with Gasteiger partial charge in [-0.1, -0.05) is 18.9 Å². The lowest BCUT2D eigenvalue weighted by Gasteiger charge is -2.29. The Labute approximate surface area is 131 Å². The summed E-state index contributed by atoms with van der Waals surface area (Å²) in [5.74, 6) is 0.0172. The molecule has 0 aromatic heterocycles. The number of aryl methyl sites for hydroxylation is 1. The average molecular weight is 300 g/mol. The molecule has 118 valence electrons. The lowest BCUT2D eigenvalue weighted by atomic mass is 10.1. The molecule has 1 N–H and O–H groups in total. The number of carbonyl (C=O) groups is 2. The molecule has 0 atom stereocenters. The molecule has 0 unspecified atom stereocenters. The van der Waals surface area contributed by atoms with Crippen LogP contribution < -0.4 is 5.32 Å². The van der Waals surface area contributed by atoms with E-state index in [1.807, 2.05) is 25.1 Å². The van der Waals surface area contributed by atoms with Crippen LogP contribution in [0.1, 0.15) is 61.4 Å². The Balaban J connectivity index is 1.84. The van der Waals surface area contributed by atoms with Crippen LogP contribution in [0.4, 0.5) is 5.69 Å². The molecule has 0 heterocycles. The average Bonchev–Trinajstić information content (AvgIpc) is 3.15. The third-order valence-electron chi connectivity index (χ3n) is 4.69. The van der Waals surface area contributed by atoms with Crippen molar-refractivity contribution in [3.63, 3.8) is 0 Å². The van der Waals surface area contributed by atoms with E-state index in [1.54, 1.807) is 0 Å². The molecule has 1 aromatic rings. The molecule has 2 aliphatic carbocycles. The Morgan fingerprint density at radius 2 is 1.73 bits per heavy atom. The van der Waals surface area contributed by atoms with Gasteiger partial charge in [0.15, 0.2) is 0 Å². The summed E-state index contributed by atoms with van der Waals surface area (Å²) in [4.78, 5) is 26.4. The fraction of sp³-hybridized carbons (Fsp3) is 0.556. The van der Waals surface area contributed by atoms with E-state index in [0.717, 1.165) is 36.9 Å². The summed E-state index contributed by atoms with van der Waals surface area (Å²) in [6.07, 6.45) is 6.98. The SMILES string of the molecule is CC(=O)Nc1cc(C(=O)N(C2CCCC2)C2CC2)ccc1C. The minimum atomic E-state index is -0.109. The van der Waals surface area contributed by atoms with Gasteiger partial charge in [-0.2, -0.15) is 0 Å². The predicted octanol–water partition coefficient (Wildman–Crippen LogP) is 3.50. The van der Waals surface area contributed by atoms with E-state index in [0.29, 0.717) is 17.6 Å². The van der Waals surface area contributed by atoms with Crippen molar-refractivity contribution in [1.29, 1.82) is 0 Å². The van der Waals surface area contributed by atoms with Crippen molar-refractivity contribution in [3.8, 4) is 0 Å². The van der Waals surface area contributed by atoms with Gasteiger partial charge in [0.05, 0.1) is 0 Å². The molecule has 22 heavy (non-hydrogen) atoms. The van der Waals surface area contributed by atoms with Gasteiger partial charge in [0.25, 0.3) is 5.91 Å². The van der Waals surface area contributed by atoms with E-state index in [9.17, 15) is 9.59 Å². The third-order valence-corrected chi connectivity index (χ3v) is 4.69. The molecular weight excluding hydrogens is 276 g/mol. The van der Waals surface area contributed by atoms with Gasteiger partial charge in [-0.25, -0.2) is 0 Å². The summed E-state index contributed by atoms with van der Waals surface area (Å²) in [6, 6.07) is 6.46. The Hall–Kier alpha value is -1.84. The second-order valence-electron chi connectivity index (χ2n) is 6.59. The smallest absolute Gasteiger partial charge is 0.254 e. The van der Waals surface area contributed by atoms with Crippen LogP contribution in [0, 0.1) is 6.92 Å². The number of carbonyl (C=O) groups excluding carboxylic acids is 2. The van der Waals surface area contributed by atoms with Crippen molar-refractivity contribution in [3.05, 3.63) is 29.3 Å². The number of rotatable bonds is 4. The summed E-state index contributed by atoms with van der Waals surface area (Å²) in [5, 5.41) is 2.81. The molecule has 1 aromatic carbocycles. The zero-order valence-electron chi connectivity index (χ0n) is 13.4. The van der Waals surface area contributed by atoms with Gasteiger partial charge < -0.3 is 10.2 Å². The number of nitrogens with zero attached hydrogens (tertiary/aromatic N) is 1. The molecule has 0 saturated heterocycles. The maximum absolute atomic E-state index is 13.0. The highest BCUT2D eigenvalue weighted by Gasteiger charge is 2.38. The highest BCUT2D eigenvalue weighted by molar-refractivity contribution is 5.97. The fourth-order valence-corrected chi connectivity index (χ4v) is 3.39. The standard InChI is InChI=1S/C18H24N2O2/c1-12-7-8-14(11-17(12)19-13(2)21)18(22)20(16-9-10-16)15-5-3-4-6-15/h7-8,11,15-16H,3-6,9-10H2,1-2H3,(H,19,21). The highest BCUT2D eigenvalue weighted by atomic mass is 16.2. The van der Waals surface area contributed by atoms with E-state index in [2.05, 4.69) is 10.2 Å². The predicted molar refractivity (Wildman–Crippen MR) is 86.9 cm³/mol. The van der Waals surface area contributed by atoms with Gasteiger partial charge in [0.1, 0.15) is 0 Å². The lowest BCUT2D eigenvalue weighted by Crippen LogP contribution is -2.40. The molecule has 4 heteroatoms. The van der Waals surface area contributed by atoms with Crippen LogP contribution in [0.15, 0.2) is 18.2 Å². The van der Waals surface area contributed by atoms with Crippen LogP contribution in [0.25, 0.3) is 0 Å². The monoisotopic (exact) mass is 300 g/mol. The van der Waals surface area contributed by atoms with E-state index in [4.69, 9.17) is 0 Å². The summed E-state index contributed by atoms with van der Waals surface area (Å²) in [6.45, 7) is 3.43. The Morgan fingerprint density at radius 1 is 1.09 bits per heavy atom. The third kappa shape index (κ3) is 3.16. The lowest BCUT2D eigenvalue weighted by molar-refractivity contribution is -0.114. The number of hydrogen-bond donors (Lipinski definition) is 1. The van der Waals surface area contributed by atoms with E-state index < -0.39 is 0 Å². The Bertz CT molecular complexity index is 587. The number of benzene rings is 1. The van der Waals surface area contributed by atoms with Crippen LogP contribution in [0.3, 0.4) is 0 Å². The second kappa shape index (κ2) is 6.11. The first-order chi connectivity index (χ1) is 10.6. The van der Waals surface area contributed by atoms with Crippen molar-refractivity contribution in [1.82, 2.24) is 4.90 Å². The van der Waals surface area contributed by atoms with Gasteiger partial charge in [0.2, 0.25) is 5.91 Å². The van der Waals surface area contributed by atoms with Crippen molar-refractivity contribution in [2.45, 2.75) is 64.5 Å². The maximum atomic E-state index is 13.0. The van der Waals surface area contributed by atoms with Crippen LogP contribution >= 0.6 is 0 Å². The molecule has 2 fully saturated rings. The van der Waals surface area contributed by atoms with Crippen LogP contribution in [-0.4, -0.2) is 28.8 Å². The summed E-state index contributed by atoms with van der Waals surface area (Å²) >= 11 is 0. The van der Waals surface area contributed by atoms with Crippen molar-refractivity contribution in [2.24, 2.45) is 0 Å². The normalized spacial score (nSPS) is 18.3. The molecule has 2 saturated carbocycles. The summed E-state index contributed by atoms with van der Waals surface area (Å²) in [7, 11) is 0. The topological polar surface area (TPSA) is 49.4 Å². The van der Waals surface area contributed by atoms with E-state index >= 15 is 0 Å². The largest absolute Gasteiger partial charge is 0.333 e. The minimum Gasteiger partial charge on any atom is -0.333 e. The molecule has 2 aliphatic rings. The second-order valence-corrected chi connectivity index (χ2v) is 6.59. The maximum Gasteiger partial charge on any atom is 0.254 e. The fourth-order valence-electron chi connectivity index (χ4n) is 3.39. The number of amides is 2. The van der Waals surface area contributed by atoms with Crippen LogP contribution in [0.2, 0.25) is 0 Å². The van der Waals surface area contributed by atoms with Gasteiger partial charge in [0, 0.05) is 30.3 Å². The molecule has 3 rings (SSSR count). The summed E-state index contributed by atoms with van der Waals surface area (Å²) in [5.41, 5.74) is 2.40. The van der Waals surface area contributed by atoms with Gasteiger partial charge in [-0.15, -0.1) is 0 Å². The summed E-state index contributed by atoms with van der Waals surface area (Å²) < 4.78 is 0. The first-order valence-electron chi connectivity index (χ1n) is 8.27.